The van der Waals surface area contributed by atoms with E-state index >= 15 is 0 Å². The van der Waals surface area contributed by atoms with Gasteiger partial charge in [0.2, 0.25) is 6.79 Å². The van der Waals surface area contributed by atoms with Gasteiger partial charge in [0.15, 0.2) is 11.5 Å². The lowest BCUT2D eigenvalue weighted by Gasteiger charge is -2.26. The Morgan fingerprint density at radius 2 is 2.11 bits per heavy atom. The zero-order valence-electron chi connectivity index (χ0n) is 11.2. The van der Waals surface area contributed by atoms with Crippen LogP contribution in [0.25, 0.3) is 0 Å². The van der Waals surface area contributed by atoms with Crippen LogP contribution < -0.4 is 14.8 Å². The number of carboxylic acid groups (broad SMARTS) is 1. The number of hydrogen-bond acceptors (Lipinski definition) is 4. The number of ether oxygens (including phenoxy) is 2. The van der Waals surface area contributed by atoms with Crippen LogP contribution in [0.15, 0.2) is 18.2 Å². The lowest BCUT2D eigenvalue weighted by atomic mass is 9.84. The Morgan fingerprint density at radius 1 is 1.37 bits per heavy atom. The van der Waals surface area contributed by atoms with Gasteiger partial charge in [0.05, 0.1) is 6.42 Å². The van der Waals surface area contributed by atoms with Gasteiger partial charge in [0, 0.05) is 18.5 Å². The normalized spacial score (nSPS) is 13.6. The van der Waals surface area contributed by atoms with Gasteiger partial charge in [-0.2, -0.15) is 0 Å². The van der Waals surface area contributed by atoms with Crippen molar-refractivity contribution in [3.8, 4) is 11.5 Å². The maximum Gasteiger partial charge on any atom is 0.304 e. The molecule has 1 aromatic carbocycles. The Balaban J connectivity index is 1.96. The Kier molecular flexibility index (Phi) is 3.95. The molecule has 0 spiro atoms. The fraction of sp³-hybridized carbons (Fsp3) is 0.500. The quantitative estimate of drug-likeness (QED) is 0.767. The minimum Gasteiger partial charge on any atom is -0.481 e. The first-order valence-corrected chi connectivity index (χ1v) is 6.32. The number of nitrogens with one attached hydrogen (secondary N) is 1. The molecule has 5 heteroatoms. The molecule has 5 nitrogen and oxygen atoms in total. The fourth-order valence-electron chi connectivity index (χ4n) is 2.02. The number of benzene rings is 1. The van der Waals surface area contributed by atoms with Crippen molar-refractivity contribution in [2.75, 3.05) is 19.9 Å². The maximum atomic E-state index is 10.5. The highest BCUT2D eigenvalue weighted by molar-refractivity contribution is 5.66. The lowest BCUT2D eigenvalue weighted by Crippen LogP contribution is -2.34. The van der Waals surface area contributed by atoms with E-state index in [1.54, 1.807) is 0 Å². The summed E-state index contributed by atoms with van der Waals surface area (Å²) in [4.78, 5) is 10.5. The van der Waals surface area contributed by atoms with Crippen molar-refractivity contribution in [2.45, 2.75) is 25.7 Å². The third-order valence-electron chi connectivity index (χ3n) is 3.24. The van der Waals surface area contributed by atoms with E-state index in [0.717, 1.165) is 17.1 Å². The number of aliphatic carboxylic acids is 1. The second-order valence-electron chi connectivity index (χ2n) is 5.27. The van der Waals surface area contributed by atoms with E-state index in [-0.39, 0.29) is 18.6 Å². The maximum absolute atomic E-state index is 10.5. The summed E-state index contributed by atoms with van der Waals surface area (Å²) in [6.45, 7) is 5.68. The Morgan fingerprint density at radius 3 is 2.84 bits per heavy atom. The largest absolute Gasteiger partial charge is 0.481 e. The highest BCUT2D eigenvalue weighted by atomic mass is 16.7. The average molecular weight is 265 g/mol. The van der Waals surface area contributed by atoms with Crippen molar-refractivity contribution in [2.24, 2.45) is 0 Å². The van der Waals surface area contributed by atoms with Crippen LogP contribution in [0.4, 0.5) is 0 Å². The van der Waals surface area contributed by atoms with Gasteiger partial charge < -0.3 is 19.9 Å². The van der Waals surface area contributed by atoms with Gasteiger partial charge in [0.1, 0.15) is 0 Å². The first-order chi connectivity index (χ1) is 8.99. The molecule has 1 aromatic rings. The summed E-state index contributed by atoms with van der Waals surface area (Å²) in [7, 11) is 0. The van der Waals surface area contributed by atoms with Crippen molar-refractivity contribution >= 4 is 5.97 Å². The van der Waals surface area contributed by atoms with E-state index in [0.29, 0.717) is 13.1 Å². The van der Waals surface area contributed by atoms with Crippen LogP contribution in [0.1, 0.15) is 25.8 Å². The van der Waals surface area contributed by atoms with Crippen molar-refractivity contribution in [3.05, 3.63) is 23.8 Å². The molecule has 2 N–H and O–H groups in total. The third kappa shape index (κ3) is 3.38. The smallest absolute Gasteiger partial charge is 0.304 e. The van der Waals surface area contributed by atoms with E-state index in [4.69, 9.17) is 14.6 Å². The van der Waals surface area contributed by atoms with Crippen molar-refractivity contribution in [1.29, 1.82) is 0 Å². The van der Waals surface area contributed by atoms with Crippen LogP contribution in [-0.2, 0) is 10.2 Å². The summed E-state index contributed by atoms with van der Waals surface area (Å²) in [5.41, 5.74) is 1.04. The van der Waals surface area contributed by atoms with Crippen LogP contribution in [-0.4, -0.2) is 31.0 Å². The molecule has 0 saturated heterocycles. The van der Waals surface area contributed by atoms with Gasteiger partial charge in [0.25, 0.3) is 0 Å². The summed E-state index contributed by atoms with van der Waals surface area (Å²) in [6.07, 6.45) is 0.136. The molecule has 0 radical (unpaired) electrons. The van der Waals surface area contributed by atoms with Gasteiger partial charge in [-0.15, -0.1) is 0 Å². The fourth-order valence-corrected chi connectivity index (χ4v) is 2.02. The zero-order chi connectivity index (χ0) is 13.9. The topological polar surface area (TPSA) is 67.8 Å². The molecule has 1 aliphatic heterocycles. The van der Waals surface area contributed by atoms with Crippen molar-refractivity contribution in [3.63, 3.8) is 0 Å². The molecule has 1 heterocycles. The highest BCUT2D eigenvalue weighted by Crippen LogP contribution is 2.36. The van der Waals surface area contributed by atoms with Crippen LogP contribution in [0.2, 0.25) is 0 Å². The number of carbonyl (C=O) groups is 1. The summed E-state index contributed by atoms with van der Waals surface area (Å²) in [5.74, 6) is 0.767. The standard InChI is InChI=1S/C14H19NO4/c1-14(2,8-15-6-5-13(16)17)10-3-4-11-12(7-10)19-9-18-11/h3-4,7,15H,5-6,8-9H2,1-2H3,(H,16,17). The van der Waals surface area contributed by atoms with E-state index < -0.39 is 5.97 Å². The number of fused-ring (bicyclic) bond motifs is 1. The molecule has 104 valence electrons. The summed E-state index contributed by atoms with van der Waals surface area (Å²) < 4.78 is 10.7. The molecule has 19 heavy (non-hydrogen) atoms. The molecule has 0 aliphatic carbocycles. The van der Waals surface area contributed by atoms with Crippen LogP contribution in [0, 0.1) is 0 Å². The second kappa shape index (κ2) is 5.48. The van der Waals surface area contributed by atoms with Crippen molar-refractivity contribution in [1.82, 2.24) is 5.32 Å². The molecule has 1 aliphatic rings. The summed E-state index contributed by atoms with van der Waals surface area (Å²) in [5, 5.41) is 11.8. The Labute approximate surface area is 112 Å². The Hall–Kier alpha value is -1.75. The lowest BCUT2D eigenvalue weighted by molar-refractivity contribution is -0.136. The van der Waals surface area contributed by atoms with Gasteiger partial charge in [-0.05, 0) is 17.7 Å². The SMILES string of the molecule is CC(C)(CNCCC(=O)O)c1ccc2c(c1)OCO2. The summed E-state index contributed by atoms with van der Waals surface area (Å²) in [6, 6.07) is 5.92. The second-order valence-corrected chi connectivity index (χ2v) is 5.27. The predicted octanol–water partition coefficient (Wildman–Crippen LogP) is 1.76. The van der Waals surface area contributed by atoms with E-state index in [1.165, 1.54) is 0 Å². The van der Waals surface area contributed by atoms with E-state index in [1.807, 2.05) is 18.2 Å². The molecular weight excluding hydrogens is 246 g/mol. The number of carboxylic acids is 1. The monoisotopic (exact) mass is 265 g/mol. The minimum atomic E-state index is -0.784. The first-order valence-electron chi connectivity index (χ1n) is 6.32. The van der Waals surface area contributed by atoms with Crippen LogP contribution in [0.3, 0.4) is 0 Å². The average Bonchev–Trinajstić information content (AvgIpc) is 2.81. The molecular formula is C14H19NO4. The van der Waals surface area contributed by atoms with E-state index in [2.05, 4.69) is 19.2 Å². The molecule has 0 unspecified atom stereocenters. The molecule has 0 aromatic heterocycles. The molecule has 0 bridgehead atoms. The van der Waals surface area contributed by atoms with Gasteiger partial charge in [-0.25, -0.2) is 0 Å². The minimum absolute atomic E-state index is 0.0977. The molecule has 0 atom stereocenters. The highest BCUT2D eigenvalue weighted by Gasteiger charge is 2.23. The first kappa shape index (κ1) is 13.7. The molecule has 0 saturated carbocycles. The Bertz CT molecular complexity index is 471. The molecule has 0 amide bonds. The zero-order valence-corrected chi connectivity index (χ0v) is 11.2. The van der Waals surface area contributed by atoms with Crippen molar-refractivity contribution < 1.29 is 19.4 Å². The van der Waals surface area contributed by atoms with Crippen LogP contribution in [0.5, 0.6) is 11.5 Å². The number of hydrogen-bond donors (Lipinski definition) is 2. The number of rotatable bonds is 6. The summed E-state index contributed by atoms with van der Waals surface area (Å²) >= 11 is 0. The predicted molar refractivity (Wildman–Crippen MR) is 70.7 cm³/mol. The van der Waals surface area contributed by atoms with Crippen LogP contribution >= 0.6 is 0 Å². The molecule has 2 rings (SSSR count). The molecule has 0 fully saturated rings. The van der Waals surface area contributed by atoms with Gasteiger partial charge in [-0.3, -0.25) is 4.79 Å². The third-order valence-corrected chi connectivity index (χ3v) is 3.24. The van der Waals surface area contributed by atoms with Gasteiger partial charge in [-0.1, -0.05) is 19.9 Å². The van der Waals surface area contributed by atoms with E-state index in [9.17, 15) is 4.79 Å². The van der Waals surface area contributed by atoms with Gasteiger partial charge >= 0.3 is 5.97 Å².